The highest BCUT2D eigenvalue weighted by Gasteiger charge is 2.22. The predicted molar refractivity (Wildman–Crippen MR) is 88.1 cm³/mol. The maximum Gasteiger partial charge on any atom is 0.230 e. The van der Waals surface area contributed by atoms with Gasteiger partial charge in [0.2, 0.25) is 5.91 Å². The standard InChI is InChI=1S/C15H19N3OS2/c1-15(2,3)18-11(19)7-20-13-12-9-5-4-6-10(9)21-14(12)17-8-16-13/h8H,4-7H2,1-3H3,(H,18,19). The van der Waals surface area contributed by atoms with Crippen LogP contribution in [0.1, 0.15) is 37.6 Å². The van der Waals surface area contributed by atoms with Gasteiger partial charge in [0.1, 0.15) is 16.2 Å². The van der Waals surface area contributed by atoms with Crippen molar-refractivity contribution in [1.82, 2.24) is 15.3 Å². The molecule has 2 heterocycles. The van der Waals surface area contributed by atoms with Gasteiger partial charge >= 0.3 is 0 Å². The molecule has 6 heteroatoms. The second kappa shape index (κ2) is 5.57. The fraction of sp³-hybridized carbons (Fsp3) is 0.533. The number of hydrogen-bond acceptors (Lipinski definition) is 5. The normalized spacial score (nSPS) is 14.4. The predicted octanol–water partition coefficient (Wildman–Crippen LogP) is 3.19. The molecule has 1 aliphatic rings. The maximum absolute atomic E-state index is 12.0. The average molecular weight is 321 g/mol. The van der Waals surface area contributed by atoms with Crippen molar-refractivity contribution in [3.8, 4) is 0 Å². The zero-order valence-corrected chi connectivity index (χ0v) is 14.2. The first-order chi connectivity index (χ1) is 9.94. The minimum absolute atomic E-state index is 0.0473. The molecule has 0 aliphatic heterocycles. The molecular weight excluding hydrogens is 302 g/mol. The van der Waals surface area contributed by atoms with Crippen LogP contribution in [0.4, 0.5) is 0 Å². The Labute approximate surface area is 132 Å². The third-order valence-electron chi connectivity index (χ3n) is 3.32. The number of thioether (sulfide) groups is 1. The molecule has 0 atom stereocenters. The van der Waals surface area contributed by atoms with Gasteiger partial charge in [-0.1, -0.05) is 11.8 Å². The smallest absolute Gasteiger partial charge is 0.230 e. The lowest BCUT2D eigenvalue weighted by molar-refractivity contribution is -0.119. The molecule has 0 unspecified atom stereocenters. The molecule has 0 radical (unpaired) electrons. The molecule has 1 aliphatic carbocycles. The summed E-state index contributed by atoms with van der Waals surface area (Å²) in [6.07, 6.45) is 5.11. The quantitative estimate of drug-likeness (QED) is 0.697. The van der Waals surface area contributed by atoms with Gasteiger partial charge in [-0.25, -0.2) is 9.97 Å². The zero-order chi connectivity index (χ0) is 15.0. The second-order valence-corrected chi connectivity index (χ2v) is 8.35. The van der Waals surface area contributed by atoms with Crippen LogP contribution in [0.25, 0.3) is 10.2 Å². The van der Waals surface area contributed by atoms with Gasteiger partial charge in [-0.3, -0.25) is 4.79 Å². The van der Waals surface area contributed by atoms with Crippen molar-refractivity contribution in [1.29, 1.82) is 0 Å². The fourth-order valence-corrected chi connectivity index (χ4v) is 4.72. The van der Waals surface area contributed by atoms with Crippen LogP contribution in [0.2, 0.25) is 0 Å². The van der Waals surface area contributed by atoms with Crippen LogP contribution in [0.5, 0.6) is 0 Å². The number of fused-ring (bicyclic) bond motifs is 3. The van der Waals surface area contributed by atoms with Gasteiger partial charge in [0.05, 0.1) is 5.75 Å². The highest BCUT2D eigenvalue weighted by molar-refractivity contribution is 8.00. The minimum Gasteiger partial charge on any atom is -0.351 e. The van der Waals surface area contributed by atoms with Gasteiger partial charge in [0.15, 0.2) is 0 Å². The van der Waals surface area contributed by atoms with Crippen molar-refractivity contribution in [2.24, 2.45) is 0 Å². The number of thiophene rings is 1. The van der Waals surface area contributed by atoms with Gasteiger partial charge in [-0.2, -0.15) is 0 Å². The molecule has 4 nitrogen and oxygen atoms in total. The van der Waals surface area contributed by atoms with Gasteiger partial charge in [-0.05, 0) is 45.6 Å². The van der Waals surface area contributed by atoms with Crippen molar-refractivity contribution >= 4 is 39.2 Å². The molecule has 0 bridgehead atoms. The second-order valence-electron chi connectivity index (χ2n) is 6.30. The Hall–Kier alpha value is -1.14. The number of aromatic nitrogens is 2. The molecule has 3 rings (SSSR count). The number of carbonyl (C=O) groups excluding carboxylic acids is 1. The number of carbonyl (C=O) groups is 1. The van der Waals surface area contributed by atoms with E-state index >= 15 is 0 Å². The first-order valence-corrected chi connectivity index (χ1v) is 8.93. The van der Waals surface area contributed by atoms with E-state index in [0.717, 1.165) is 22.7 Å². The molecule has 21 heavy (non-hydrogen) atoms. The summed E-state index contributed by atoms with van der Waals surface area (Å²) in [5.74, 6) is 0.444. The van der Waals surface area contributed by atoms with Gasteiger partial charge in [0, 0.05) is 15.8 Å². The van der Waals surface area contributed by atoms with Gasteiger partial charge in [0.25, 0.3) is 0 Å². The summed E-state index contributed by atoms with van der Waals surface area (Å²) in [6, 6.07) is 0. The summed E-state index contributed by atoms with van der Waals surface area (Å²) >= 11 is 3.29. The number of aryl methyl sites for hydroxylation is 2. The van der Waals surface area contributed by atoms with Crippen LogP contribution in [-0.4, -0.2) is 27.2 Å². The van der Waals surface area contributed by atoms with E-state index in [0.29, 0.717) is 5.75 Å². The van der Waals surface area contributed by atoms with Gasteiger partial charge in [-0.15, -0.1) is 11.3 Å². The Morgan fingerprint density at radius 1 is 1.38 bits per heavy atom. The Morgan fingerprint density at radius 2 is 2.19 bits per heavy atom. The molecule has 0 saturated heterocycles. The molecule has 0 spiro atoms. The minimum atomic E-state index is -0.192. The van der Waals surface area contributed by atoms with Crippen LogP contribution in [0.15, 0.2) is 11.4 Å². The number of rotatable bonds is 3. The van der Waals surface area contributed by atoms with E-state index in [-0.39, 0.29) is 11.4 Å². The van der Waals surface area contributed by atoms with Crippen molar-refractivity contribution in [2.45, 2.75) is 50.6 Å². The highest BCUT2D eigenvalue weighted by atomic mass is 32.2. The van der Waals surface area contributed by atoms with Crippen molar-refractivity contribution < 1.29 is 4.79 Å². The SMILES string of the molecule is CC(C)(C)NC(=O)CSc1ncnc2sc3c(c12)CCC3. The lowest BCUT2D eigenvalue weighted by Crippen LogP contribution is -2.41. The lowest BCUT2D eigenvalue weighted by Gasteiger charge is -2.20. The summed E-state index contributed by atoms with van der Waals surface area (Å²) < 4.78 is 0. The monoisotopic (exact) mass is 321 g/mol. The third kappa shape index (κ3) is 3.21. The van der Waals surface area contributed by atoms with Crippen molar-refractivity contribution in [3.63, 3.8) is 0 Å². The Bertz CT molecular complexity index is 688. The van der Waals surface area contributed by atoms with Crippen LogP contribution < -0.4 is 5.32 Å². The van der Waals surface area contributed by atoms with E-state index in [1.165, 1.54) is 34.0 Å². The topological polar surface area (TPSA) is 54.9 Å². The molecule has 112 valence electrons. The Balaban J connectivity index is 1.80. The molecule has 2 aromatic heterocycles. The van der Waals surface area contributed by atoms with Crippen molar-refractivity contribution in [2.75, 3.05) is 5.75 Å². The Morgan fingerprint density at radius 3 is 2.95 bits per heavy atom. The lowest BCUT2D eigenvalue weighted by atomic mass is 10.1. The number of amides is 1. The summed E-state index contributed by atoms with van der Waals surface area (Å²) in [5, 5.41) is 5.11. The van der Waals surface area contributed by atoms with Crippen LogP contribution >= 0.6 is 23.1 Å². The van der Waals surface area contributed by atoms with E-state index in [1.807, 2.05) is 20.8 Å². The van der Waals surface area contributed by atoms with E-state index in [4.69, 9.17) is 0 Å². The van der Waals surface area contributed by atoms with Crippen LogP contribution in [-0.2, 0) is 17.6 Å². The Kier molecular flexibility index (Phi) is 3.92. The number of nitrogens with one attached hydrogen (secondary N) is 1. The third-order valence-corrected chi connectivity index (χ3v) is 5.51. The summed E-state index contributed by atoms with van der Waals surface area (Å²) in [5.41, 5.74) is 1.22. The maximum atomic E-state index is 12.0. The van der Waals surface area contributed by atoms with E-state index in [2.05, 4.69) is 15.3 Å². The molecule has 1 amide bonds. The fourth-order valence-electron chi connectivity index (χ4n) is 2.60. The summed E-state index contributed by atoms with van der Waals surface area (Å²) in [4.78, 5) is 23.3. The largest absolute Gasteiger partial charge is 0.351 e. The van der Waals surface area contributed by atoms with E-state index < -0.39 is 0 Å². The first-order valence-electron chi connectivity index (χ1n) is 7.13. The zero-order valence-electron chi connectivity index (χ0n) is 12.5. The van der Waals surface area contributed by atoms with E-state index in [9.17, 15) is 4.79 Å². The van der Waals surface area contributed by atoms with E-state index in [1.54, 1.807) is 17.7 Å². The molecule has 0 fully saturated rings. The highest BCUT2D eigenvalue weighted by Crippen LogP contribution is 2.39. The molecule has 0 aromatic carbocycles. The molecule has 1 N–H and O–H groups in total. The summed E-state index contributed by atoms with van der Waals surface area (Å²) in [6.45, 7) is 5.97. The number of nitrogens with zero attached hydrogens (tertiary/aromatic N) is 2. The van der Waals surface area contributed by atoms with Gasteiger partial charge < -0.3 is 5.32 Å². The summed E-state index contributed by atoms with van der Waals surface area (Å²) in [7, 11) is 0. The molecule has 2 aromatic rings. The average Bonchev–Trinajstić information content (AvgIpc) is 2.94. The first kappa shape index (κ1) is 14.8. The van der Waals surface area contributed by atoms with Crippen molar-refractivity contribution in [3.05, 3.63) is 16.8 Å². The number of hydrogen-bond donors (Lipinski definition) is 1. The molecule has 0 saturated carbocycles. The van der Waals surface area contributed by atoms with Crippen LogP contribution in [0.3, 0.4) is 0 Å². The van der Waals surface area contributed by atoms with Crippen LogP contribution in [0, 0.1) is 0 Å². The molecular formula is C15H19N3OS2.